The molecule has 0 aliphatic heterocycles. The third kappa shape index (κ3) is 5.39. The highest BCUT2D eigenvalue weighted by molar-refractivity contribution is 6.30. The Labute approximate surface area is 178 Å². The van der Waals surface area contributed by atoms with E-state index in [1.54, 1.807) is 34.6 Å². The summed E-state index contributed by atoms with van der Waals surface area (Å²) in [5.41, 5.74) is 1.83. The van der Waals surface area contributed by atoms with Crippen LogP contribution in [0.5, 0.6) is 0 Å². The van der Waals surface area contributed by atoms with Crippen molar-refractivity contribution in [2.45, 2.75) is 53.6 Å². The van der Waals surface area contributed by atoms with Gasteiger partial charge < -0.3 is 9.47 Å². The van der Waals surface area contributed by atoms with Gasteiger partial charge in [0.25, 0.3) is 0 Å². The molecule has 0 saturated heterocycles. The van der Waals surface area contributed by atoms with E-state index in [2.05, 4.69) is 0 Å². The molecule has 0 bridgehead atoms. The van der Waals surface area contributed by atoms with Crippen molar-refractivity contribution in [2.75, 3.05) is 6.61 Å². The lowest BCUT2D eigenvalue weighted by Gasteiger charge is -2.38. The summed E-state index contributed by atoms with van der Waals surface area (Å²) in [6.45, 7) is 10.9. The predicted molar refractivity (Wildman–Crippen MR) is 116 cm³/mol. The molecule has 156 valence electrons. The number of carbonyl (C=O) groups excluding carboxylic acids is 2. The molecule has 0 saturated carbocycles. The van der Waals surface area contributed by atoms with Crippen molar-refractivity contribution in [3.63, 3.8) is 0 Å². The third-order valence-corrected chi connectivity index (χ3v) is 5.74. The third-order valence-electron chi connectivity index (χ3n) is 5.50. The van der Waals surface area contributed by atoms with Gasteiger partial charge in [0, 0.05) is 5.02 Å². The monoisotopic (exact) mass is 416 g/mol. The summed E-state index contributed by atoms with van der Waals surface area (Å²) in [5, 5.41) is 0.659. The zero-order valence-electron chi connectivity index (χ0n) is 18.0. The molecule has 0 radical (unpaired) electrons. The van der Waals surface area contributed by atoms with Crippen molar-refractivity contribution in [3.8, 4) is 11.1 Å². The van der Waals surface area contributed by atoms with E-state index < -0.39 is 23.0 Å². The van der Waals surface area contributed by atoms with Crippen LogP contribution in [0, 0.1) is 12.3 Å². The first-order valence-corrected chi connectivity index (χ1v) is 10.1. The summed E-state index contributed by atoms with van der Waals surface area (Å²) >= 11 is 6.10. The molecule has 0 atom stereocenters. The largest absolute Gasteiger partial charge is 0.465 e. The molecule has 2 aromatic rings. The quantitative estimate of drug-likeness (QED) is 0.537. The lowest BCUT2D eigenvalue weighted by molar-refractivity contribution is -0.182. The average molecular weight is 417 g/mol. The molecule has 4 nitrogen and oxygen atoms in total. The van der Waals surface area contributed by atoms with Crippen LogP contribution in [-0.2, 0) is 25.5 Å². The van der Waals surface area contributed by atoms with Gasteiger partial charge in [-0.15, -0.1) is 0 Å². The van der Waals surface area contributed by atoms with Crippen LogP contribution in [0.4, 0.5) is 0 Å². The van der Waals surface area contributed by atoms with E-state index in [4.69, 9.17) is 21.1 Å². The molecule has 0 heterocycles. The standard InChI is InChI=1S/C24H29ClO4/c1-7-28-22(27)23(3,4)24(5,6)29-21(26)15-19-13-18(12-11-16(19)2)17-9-8-10-20(25)14-17/h8-14H,7,15H2,1-6H3. The minimum Gasteiger partial charge on any atom is -0.465 e. The van der Waals surface area contributed by atoms with Gasteiger partial charge in [-0.05, 0) is 75.9 Å². The zero-order chi connectivity index (χ0) is 21.8. The van der Waals surface area contributed by atoms with Crippen molar-refractivity contribution in [1.29, 1.82) is 0 Å². The number of benzene rings is 2. The van der Waals surface area contributed by atoms with E-state index in [9.17, 15) is 9.59 Å². The Morgan fingerprint density at radius 1 is 1.00 bits per heavy atom. The number of hydrogen-bond acceptors (Lipinski definition) is 4. The summed E-state index contributed by atoms with van der Waals surface area (Å²) in [6, 6.07) is 13.5. The smallest absolute Gasteiger partial charge is 0.315 e. The van der Waals surface area contributed by atoms with Crippen LogP contribution in [-0.4, -0.2) is 24.1 Å². The van der Waals surface area contributed by atoms with E-state index >= 15 is 0 Å². The fourth-order valence-corrected chi connectivity index (χ4v) is 3.06. The van der Waals surface area contributed by atoms with Gasteiger partial charge in [0.1, 0.15) is 11.0 Å². The summed E-state index contributed by atoms with van der Waals surface area (Å²) < 4.78 is 10.9. The maximum absolute atomic E-state index is 12.7. The van der Waals surface area contributed by atoms with Crippen LogP contribution in [0.3, 0.4) is 0 Å². The maximum Gasteiger partial charge on any atom is 0.315 e. The van der Waals surface area contributed by atoms with E-state index in [1.165, 1.54) is 0 Å². The first-order valence-electron chi connectivity index (χ1n) is 9.72. The second-order valence-electron chi connectivity index (χ2n) is 8.16. The Kier molecular flexibility index (Phi) is 7.12. The second kappa shape index (κ2) is 9.00. The molecule has 0 aliphatic rings. The number of carbonyl (C=O) groups is 2. The van der Waals surface area contributed by atoms with E-state index in [0.717, 1.165) is 22.3 Å². The minimum atomic E-state index is -1.02. The molecular formula is C24H29ClO4. The Morgan fingerprint density at radius 2 is 1.66 bits per heavy atom. The Bertz CT molecular complexity index is 900. The van der Waals surface area contributed by atoms with Crippen molar-refractivity contribution in [3.05, 3.63) is 58.6 Å². The Hall–Kier alpha value is -2.33. The number of halogens is 1. The van der Waals surface area contributed by atoms with E-state index in [1.807, 2.05) is 49.4 Å². The molecule has 0 fully saturated rings. The van der Waals surface area contributed by atoms with Crippen LogP contribution in [0.1, 0.15) is 45.7 Å². The van der Waals surface area contributed by atoms with Gasteiger partial charge in [0.2, 0.25) is 0 Å². The zero-order valence-corrected chi connectivity index (χ0v) is 18.7. The van der Waals surface area contributed by atoms with Crippen LogP contribution in [0.25, 0.3) is 11.1 Å². The number of aryl methyl sites for hydroxylation is 1. The molecule has 2 aromatic carbocycles. The fourth-order valence-electron chi connectivity index (χ4n) is 2.87. The molecule has 5 heteroatoms. The van der Waals surface area contributed by atoms with Crippen molar-refractivity contribution in [2.24, 2.45) is 5.41 Å². The first kappa shape index (κ1) is 23.0. The molecule has 0 unspecified atom stereocenters. The minimum absolute atomic E-state index is 0.114. The van der Waals surface area contributed by atoms with E-state index in [-0.39, 0.29) is 13.0 Å². The summed E-state index contributed by atoms with van der Waals surface area (Å²) in [6.07, 6.45) is 0.114. The van der Waals surface area contributed by atoms with Gasteiger partial charge in [0.15, 0.2) is 0 Å². The van der Waals surface area contributed by atoms with Gasteiger partial charge in [-0.25, -0.2) is 0 Å². The lowest BCUT2D eigenvalue weighted by atomic mass is 9.77. The van der Waals surface area contributed by atoms with Crippen LogP contribution >= 0.6 is 11.6 Å². The molecule has 0 amide bonds. The number of esters is 2. The van der Waals surface area contributed by atoms with Crippen LogP contribution in [0.2, 0.25) is 5.02 Å². The molecule has 29 heavy (non-hydrogen) atoms. The molecule has 0 aliphatic carbocycles. The number of rotatable bonds is 7. The van der Waals surface area contributed by atoms with Gasteiger partial charge in [-0.1, -0.05) is 41.9 Å². The van der Waals surface area contributed by atoms with E-state index in [0.29, 0.717) is 5.02 Å². The highest BCUT2D eigenvalue weighted by Gasteiger charge is 2.47. The normalized spacial score (nSPS) is 11.8. The maximum atomic E-state index is 12.7. The topological polar surface area (TPSA) is 52.6 Å². The van der Waals surface area contributed by atoms with Gasteiger partial charge in [-0.2, -0.15) is 0 Å². The fraction of sp³-hybridized carbons (Fsp3) is 0.417. The van der Waals surface area contributed by atoms with Crippen molar-refractivity contribution >= 4 is 23.5 Å². The molecular weight excluding hydrogens is 388 g/mol. The van der Waals surface area contributed by atoms with Gasteiger partial charge >= 0.3 is 11.9 Å². The highest BCUT2D eigenvalue weighted by atomic mass is 35.5. The average Bonchev–Trinajstić information content (AvgIpc) is 2.63. The first-order chi connectivity index (χ1) is 13.5. The molecule has 0 spiro atoms. The van der Waals surface area contributed by atoms with Crippen LogP contribution < -0.4 is 0 Å². The molecule has 0 N–H and O–H groups in total. The summed E-state index contributed by atoms with van der Waals surface area (Å²) in [5.74, 6) is -0.782. The van der Waals surface area contributed by atoms with Crippen molar-refractivity contribution in [1.82, 2.24) is 0 Å². The lowest BCUT2D eigenvalue weighted by Crippen LogP contribution is -2.49. The number of ether oxygens (including phenoxy) is 2. The van der Waals surface area contributed by atoms with Gasteiger partial charge in [0.05, 0.1) is 13.0 Å². The predicted octanol–water partition coefficient (Wildman–Crippen LogP) is 5.77. The van der Waals surface area contributed by atoms with Crippen LogP contribution in [0.15, 0.2) is 42.5 Å². The second-order valence-corrected chi connectivity index (χ2v) is 8.59. The van der Waals surface area contributed by atoms with Crippen molar-refractivity contribution < 1.29 is 19.1 Å². The Balaban J connectivity index is 2.20. The van der Waals surface area contributed by atoms with Gasteiger partial charge in [-0.3, -0.25) is 9.59 Å². The summed E-state index contributed by atoms with van der Waals surface area (Å²) in [4.78, 5) is 25.0. The SMILES string of the molecule is CCOC(=O)C(C)(C)C(C)(C)OC(=O)Cc1cc(-c2cccc(Cl)c2)ccc1C. The Morgan fingerprint density at radius 3 is 2.28 bits per heavy atom. The highest BCUT2D eigenvalue weighted by Crippen LogP contribution is 2.35. The molecule has 2 rings (SSSR count). The summed E-state index contributed by atoms with van der Waals surface area (Å²) in [7, 11) is 0. The number of hydrogen-bond donors (Lipinski definition) is 0. The molecule has 0 aromatic heterocycles.